The minimum Gasteiger partial charge on any atom is -0.392 e. The first-order chi connectivity index (χ1) is 6.75. The summed E-state index contributed by atoms with van der Waals surface area (Å²) in [4.78, 5) is 2.31. The van der Waals surface area contributed by atoms with E-state index in [1.807, 2.05) is 6.92 Å². The van der Waals surface area contributed by atoms with Crippen LogP contribution in [0.5, 0.6) is 0 Å². The van der Waals surface area contributed by atoms with Gasteiger partial charge >= 0.3 is 0 Å². The van der Waals surface area contributed by atoms with Gasteiger partial charge in [0.05, 0.1) is 6.10 Å². The lowest BCUT2D eigenvalue weighted by atomic mass is 10.00. The standard InChI is InChI=1S/C12H17NO/c1-10(14)8-13-7-6-11-4-2-3-5-12(11)9-13/h2-5,10,14H,6-9H2,1H3. The van der Waals surface area contributed by atoms with Gasteiger partial charge in [-0.05, 0) is 24.5 Å². The van der Waals surface area contributed by atoms with E-state index in [-0.39, 0.29) is 6.10 Å². The van der Waals surface area contributed by atoms with Gasteiger partial charge in [-0.1, -0.05) is 24.3 Å². The van der Waals surface area contributed by atoms with E-state index in [1.54, 1.807) is 0 Å². The van der Waals surface area contributed by atoms with Crippen molar-refractivity contribution in [3.05, 3.63) is 35.4 Å². The Labute approximate surface area is 85.2 Å². The molecule has 1 aliphatic heterocycles. The zero-order valence-corrected chi connectivity index (χ0v) is 8.61. The molecule has 2 heteroatoms. The fourth-order valence-electron chi connectivity index (χ4n) is 2.08. The smallest absolute Gasteiger partial charge is 0.0639 e. The van der Waals surface area contributed by atoms with Gasteiger partial charge in [-0.15, -0.1) is 0 Å². The van der Waals surface area contributed by atoms with Gasteiger partial charge in [-0.2, -0.15) is 0 Å². The summed E-state index contributed by atoms with van der Waals surface area (Å²) in [5.74, 6) is 0. The summed E-state index contributed by atoms with van der Waals surface area (Å²) in [6, 6.07) is 8.58. The van der Waals surface area contributed by atoms with Crippen molar-refractivity contribution in [2.45, 2.75) is 26.0 Å². The van der Waals surface area contributed by atoms with E-state index in [0.717, 1.165) is 26.1 Å². The maximum atomic E-state index is 9.31. The highest BCUT2D eigenvalue weighted by atomic mass is 16.3. The molecule has 0 aliphatic carbocycles. The quantitative estimate of drug-likeness (QED) is 0.764. The van der Waals surface area contributed by atoms with Crippen molar-refractivity contribution in [1.29, 1.82) is 0 Å². The molecule has 14 heavy (non-hydrogen) atoms. The van der Waals surface area contributed by atoms with Crippen LogP contribution in [-0.2, 0) is 13.0 Å². The number of hydrogen-bond donors (Lipinski definition) is 1. The number of aliphatic hydroxyl groups excluding tert-OH is 1. The van der Waals surface area contributed by atoms with E-state index in [2.05, 4.69) is 29.2 Å². The van der Waals surface area contributed by atoms with Crippen molar-refractivity contribution in [3.8, 4) is 0 Å². The molecule has 1 aliphatic rings. The van der Waals surface area contributed by atoms with Crippen molar-refractivity contribution in [1.82, 2.24) is 4.90 Å². The maximum absolute atomic E-state index is 9.31. The van der Waals surface area contributed by atoms with Crippen molar-refractivity contribution in [2.75, 3.05) is 13.1 Å². The second-order valence-corrected chi connectivity index (χ2v) is 4.10. The second-order valence-electron chi connectivity index (χ2n) is 4.10. The Kier molecular flexibility index (Phi) is 2.85. The van der Waals surface area contributed by atoms with Gasteiger partial charge < -0.3 is 5.11 Å². The fraction of sp³-hybridized carbons (Fsp3) is 0.500. The zero-order chi connectivity index (χ0) is 9.97. The third kappa shape index (κ3) is 2.14. The molecular formula is C12H17NO. The summed E-state index contributed by atoms with van der Waals surface area (Å²) in [6.07, 6.45) is 0.892. The molecule has 1 aromatic rings. The summed E-state index contributed by atoms with van der Waals surface area (Å²) in [7, 11) is 0. The summed E-state index contributed by atoms with van der Waals surface area (Å²) in [6.45, 7) is 4.69. The molecule has 1 N–H and O–H groups in total. The van der Waals surface area contributed by atoms with E-state index in [0.29, 0.717) is 0 Å². The van der Waals surface area contributed by atoms with Crippen LogP contribution in [0.4, 0.5) is 0 Å². The first-order valence-corrected chi connectivity index (χ1v) is 5.23. The fourth-order valence-corrected chi connectivity index (χ4v) is 2.08. The van der Waals surface area contributed by atoms with E-state index in [1.165, 1.54) is 11.1 Å². The van der Waals surface area contributed by atoms with Gasteiger partial charge in [0.2, 0.25) is 0 Å². The van der Waals surface area contributed by atoms with E-state index >= 15 is 0 Å². The molecular weight excluding hydrogens is 174 g/mol. The van der Waals surface area contributed by atoms with Crippen LogP contribution in [-0.4, -0.2) is 29.2 Å². The molecule has 1 heterocycles. The van der Waals surface area contributed by atoms with Crippen molar-refractivity contribution in [3.63, 3.8) is 0 Å². The number of nitrogens with zero attached hydrogens (tertiary/aromatic N) is 1. The van der Waals surface area contributed by atoms with Crippen LogP contribution in [0.2, 0.25) is 0 Å². The van der Waals surface area contributed by atoms with Crippen LogP contribution in [0.1, 0.15) is 18.1 Å². The average molecular weight is 191 g/mol. The van der Waals surface area contributed by atoms with Crippen LogP contribution in [0.25, 0.3) is 0 Å². The monoisotopic (exact) mass is 191 g/mol. The van der Waals surface area contributed by atoms with Crippen LogP contribution in [0.15, 0.2) is 24.3 Å². The summed E-state index contributed by atoms with van der Waals surface area (Å²) < 4.78 is 0. The molecule has 0 fully saturated rings. The largest absolute Gasteiger partial charge is 0.392 e. The Morgan fingerprint density at radius 2 is 2.07 bits per heavy atom. The molecule has 0 saturated carbocycles. The van der Waals surface area contributed by atoms with Gasteiger partial charge in [0.1, 0.15) is 0 Å². The summed E-state index contributed by atoms with van der Waals surface area (Å²) >= 11 is 0. The number of rotatable bonds is 2. The lowest BCUT2D eigenvalue weighted by Gasteiger charge is -2.29. The van der Waals surface area contributed by atoms with Gasteiger partial charge in [0, 0.05) is 19.6 Å². The Morgan fingerprint density at radius 1 is 1.36 bits per heavy atom. The summed E-state index contributed by atoms with van der Waals surface area (Å²) in [5, 5.41) is 9.31. The molecule has 1 atom stereocenters. The minimum atomic E-state index is -0.222. The Morgan fingerprint density at radius 3 is 2.79 bits per heavy atom. The first-order valence-electron chi connectivity index (χ1n) is 5.23. The van der Waals surface area contributed by atoms with Crippen LogP contribution < -0.4 is 0 Å². The molecule has 1 aromatic carbocycles. The first kappa shape index (κ1) is 9.69. The molecule has 0 spiro atoms. The highest BCUT2D eigenvalue weighted by Crippen LogP contribution is 2.18. The lowest BCUT2D eigenvalue weighted by Crippen LogP contribution is -2.35. The third-order valence-electron chi connectivity index (χ3n) is 2.73. The molecule has 0 bridgehead atoms. The van der Waals surface area contributed by atoms with E-state index < -0.39 is 0 Å². The van der Waals surface area contributed by atoms with E-state index in [9.17, 15) is 5.11 Å². The highest BCUT2D eigenvalue weighted by Gasteiger charge is 2.16. The summed E-state index contributed by atoms with van der Waals surface area (Å²) in [5.41, 5.74) is 2.88. The maximum Gasteiger partial charge on any atom is 0.0639 e. The van der Waals surface area contributed by atoms with Gasteiger partial charge in [0.25, 0.3) is 0 Å². The van der Waals surface area contributed by atoms with Crippen LogP contribution in [0, 0.1) is 0 Å². The average Bonchev–Trinajstić information content (AvgIpc) is 2.17. The van der Waals surface area contributed by atoms with Gasteiger partial charge in [0.15, 0.2) is 0 Å². The minimum absolute atomic E-state index is 0.222. The van der Waals surface area contributed by atoms with Crippen molar-refractivity contribution in [2.24, 2.45) is 0 Å². The van der Waals surface area contributed by atoms with Gasteiger partial charge in [-0.25, -0.2) is 0 Å². The highest BCUT2D eigenvalue weighted by molar-refractivity contribution is 5.28. The molecule has 0 amide bonds. The number of fused-ring (bicyclic) bond motifs is 1. The van der Waals surface area contributed by atoms with Crippen LogP contribution >= 0.6 is 0 Å². The molecule has 0 saturated heterocycles. The molecule has 2 rings (SSSR count). The van der Waals surface area contributed by atoms with Crippen molar-refractivity contribution >= 4 is 0 Å². The zero-order valence-electron chi connectivity index (χ0n) is 8.61. The Hall–Kier alpha value is -0.860. The molecule has 2 nitrogen and oxygen atoms in total. The second kappa shape index (κ2) is 4.11. The van der Waals surface area contributed by atoms with Crippen molar-refractivity contribution < 1.29 is 5.11 Å². The lowest BCUT2D eigenvalue weighted by molar-refractivity contribution is 0.119. The Bertz CT molecular complexity index is 309. The predicted molar refractivity (Wildman–Crippen MR) is 57.1 cm³/mol. The molecule has 0 aromatic heterocycles. The number of aliphatic hydroxyl groups is 1. The normalized spacial score (nSPS) is 19.0. The Balaban J connectivity index is 2.06. The molecule has 76 valence electrons. The number of β-amino-alcohol motifs (C(OH)–C–C–N with tert-alkyl or cyclic N) is 1. The predicted octanol–water partition coefficient (Wildman–Crippen LogP) is 1.43. The third-order valence-corrected chi connectivity index (χ3v) is 2.73. The van der Waals surface area contributed by atoms with E-state index in [4.69, 9.17) is 0 Å². The SMILES string of the molecule is CC(O)CN1CCc2ccccc2C1. The number of benzene rings is 1. The van der Waals surface area contributed by atoms with Crippen LogP contribution in [0.3, 0.4) is 0 Å². The number of hydrogen-bond acceptors (Lipinski definition) is 2. The molecule has 1 unspecified atom stereocenters. The molecule has 0 radical (unpaired) electrons. The van der Waals surface area contributed by atoms with Gasteiger partial charge in [-0.3, -0.25) is 4.90 Å². The topological polar surface area (TPSA) is 23.5 Å².